The van der Waals surface area contributed by atoms with E-state index < -0.39 is 5.91 Å². The van der Waals surface area contributed by atoms with Crippen molar-refractivity contribution in [1.29, 1.82) is 0 Å². The smallest absolute Gasteiger partial charge is 0.225 e. The molecule has 1 aliphatic heterocycles. The third kappa shape index (κ3) is 3.31. The van der Waals surface area contributed by atoms with Gasteiger partial charge in [-0.15, -0.1) is 11.3 Å². The molecule has 3 aromatic rings. The number of thiazole rings is 1. The highest BCUT2D eigenvalue weighted by atomic mass is 32.1. The average Bonchev–Trinajstić information content (AvgIpc) is 3.24. The Morgan fingerprint density at radius 1 is 1.28 bits per heavy atom. The van der Waals surface area contributed by atoms with Crippen LogP contribution < -0.4 is 15.2 Å². The number of hydrogen-bond acceptors (Lipinski definition) is 7. The van der Waals surface area contributed by atoms with Crippen LogP contribution in [-0.2, 0) is 17.6 Å². The monoisotopic (exact) mass is 357 g/mol. The predicted molar refractivity (Wildman–Crippen MR) is 90.2 cm³/mol. The van der Waals surface area contributed by atoms with Gasteiger partial charge in [-0.3, -0.25) is 4.79 Å². The van der Waals surface area contributed by atoms with Gasteiger partial charge >= 0.3 is 0 Å². The van der Waals surface area contributed by atoms with E-state index in [2.05, 4.69) is 15.1 Å². The fourth-order valence-electron chi connectivity index (χ4n) is 2.59. The summed E-state index contributed by atoms with van der Waals surface area (Å²) in [7, 11) is 0. The van der Waals surface area contributed by atoms with E-state index in [1.807, 2.05) is 23.6 Å². The zero-order valence-corrected chi connectivity index (χ0v) is 14.0. The van der Waals surface area contributed by atoms with Crippen LogP contribution in [-0.4, -0.2) is 38.9 Å². The molecule has 0 spiro atoms. The average molecular weight is 357 g/mol. The Kier molecular flexibility index (Phi) is 4.06. The molecule has 1 aromatic carbocycles. The quantitative estimate of drug-likeness (QED) is 0.733. The van der Waals surface area contributed by atoms with Gasteiger partial charge in [0.05, 0.1) is 29.7 Å². The molecule has 1 amide bonds. The van der Waals surface area contributed by atoms with Crippen molar-refractivity contribution in [3.8, 4) is 17.2 Å². The number of hydrogen-bond donors (Lipinski definition) is 1. The highest BCUT2D eigenvalue weighted by Crippen LogP contribution is 2.32. The second kappa shape index (κ2) is 6.52. The van der Waals surface area contributed by atoms with Gasteiger partial charge in [0.15, 0.2) is 17.3 Å². The van der Waals surface area contributed by atoms with Crippen molar-refractivity contribution in [2.24, 2.45) is 5.73 Å². The van der Waals surface area contributed by atoms with Gasteiger partial charge in [-0.05, 0) is 12.1 Å². The van der Waals surface area contributed by atoms with E-state index in [4.69, 9.17) is 15.2 Å². The third-order valence-corrected chi connectivity index (χ3v) is 4.28. The Labute approximate surface area is 147 Å². The summed E-state index contributed by atoms with van der Waals surface area (Å²) >= 11 is 1.52. The first-order valence-corrected chi connectivity index (χ1v) is 8.63. The number of primary amides is 1. The Morgan fingerprint density at radius 2 is 2.12 bits per heavy atom. The number of amides is 1. The Balaban J connectivity index is 1.73. The Morgan fingerprint density at radius 3 is 2.88 bits per heavy atom. The molecule has 0 unspecified atom stereocenters. The number of ether oxygens (including phenoxy) is 2. The maximum Gasteiger partial charge on any atom is 0.225 e. The standard InChI is InChI=1S/C16H15N5O3S/c17-14(22)7-15-19-16(5-10-8-25-9-18-10)21(20-15)11-1-2-12-13(6-11)24-4-3-23-12/h1-2,6,8-9H,3-5,7H2,(H2,17,22). The van der Waals surface area contributed by atoms with E-state index in [9.17, 15) is 4.79 Å². The molecule has 128 valence electrons. The number of aromatic nitrogens is 4. The molecule has 25 heavy (non-hydrogen) atoms. The van der Waals surface area contributed by atoms with Gasteiger partial charge in [0, 0.05) is 11.4 Å². The Bertz CT molecular complexity index is 907. The molecule has 0 fully saturated rings. The highest BCUT2D eigenvalue weighted by molar-refractivity contribution is 7.07. The SMILES string of the molecule is NC(=O)Cc1nc(Cc2cscn2)n(-c2ccc3c(c2)OCCO3)n1. The van der Waals surface area contributed by atoms with Gasteiger partial charge in [0.1, 0.15) is 19.0 Å². The van der Waals surface area contributed by atoms with Crippen LogP contribution >= 0.6 is 11.3 Å². The number of benzene rings is 1. The fourth-order valence-corrected chi connectivity index (χ4v) is 3.15. The van der Waals surface area contributed by atoms with Gasteiger partial charge in [0.25, 0.3) is 0 Å². The summed E-state index contributed by atoms with van der Waals surface area (Å²) in [6.07, 6.45) is 0.491. The van der Waals surface area contributed by atoms with Crippen LogP contribution in [0.1, 0.15) is 17.3 Å². The third-order valence-electron chi connectivity index (χ3n) is 3.64. The minimum Gasteiger partial charge on any atom is -0.486 e. The van der Waals surface area contributed by atoms with Crippen LogP contribution in [0, 0.1) is 0 Å². The van der Waals surface area contributed by atoms with Crippen molar-refractivity contribution in [3.05, 3.63) is 46.4 Å². The van der Waals surface area contributed by atoms with Crippen molar-refractivity contribution < 1.29 is 14.3 Å². The largest absolute Gasteiger partial charge is 0.486 e. The zero-order chi connectivity index (χ0) is 17.2. The lowest BCUT2D eigenvalue weighted by Gasteiger charge is -2.19. The van der Waals surface area contributed by atoms with E-state index in [0.717, 1.165) is 11.4 Å². The van der Waals surface area contributed by atoms with Crippen LogP contribution in [0.2, 0.25) is 0 Å². The number of nitrogens with two attached hydrogens (primary N) is 1. The number of carbonyl (C=O) groups is 1. The highest BCUT2D eigenvalue weighted by Gasteiger charge is 2.18. The second-order valence-corrected chi connectivity index (χ2v) is 6.20. The van der Waals surface area contributed by atoms with E-state index in [1.165, 1.54) is 11.3 Å². The lowest BCUT2D eigenvalue weighted by molar-refractivity contribution is -0.117. The molecule has 2 aromatic heterocycles. The molecule has 1 aliphatic rings. The van der Waals surface area contributed by atoms with Crippen LogP contribution in [0.15, 0.2) is 29.1 Å². The van der Waals surface area contributed by atoms with Crippen molar-refractivity contribution in [3.63, 3.8) is 0 Å². The first-order chi connectivity index (χ1) is 12.2. The van der Waals surface area contributed by atoms with E-state index >= 15 is 0 Å². The number of rotatable bonds is 5. The first-order valence-electron chi connectivity index (χ1n) is 7.69. The number of nitrogens with zero attached hydrogens (tertiary/aromatic N) is 4. The minimum atomic E-state index is -0.473. The van der Waals surface area contributed by atoms with Gasteiger partial charge < -0.3 is 15.2 Å². The summed E-state index contributed by atoms with van der Waals surface area (Å²) in [5, 5.41) is 6.39. The van der Waals surface area contributed by atoms with E-state index in [1.54, 1.807) is 10.2 Å². The fraction of sp³-hybridized carbons (Fsp3) is 0.250. The topological polar surface area (TPSA) is 105 Å². The van der Waals surface area contributed by atoms with Crippen LogP contribution in [0.5, 0.6) is 11.5 Å². The molecule has 0 bridgehead atoms. The maximum absolute atomic E-state index is 11.2. The van der Waals surface area contributed by atoms with Crippen LogP contribution in [0.3, 0.4) is 0 Å². The predicted octanol–water partition coefficient (Wildman–Crippen LogP) is 1.11. The van der Waals surface area contributed by atoms with Gasteiger partial charge in [-0.25, -0.2) is 14.6 Å². The second-order valence-electron chi connectivity index (χ2n) is 5.48. The molecular weight excluding hydrogens is 342 g/mol. The maximum atomic E-state index is 11.2. The zero-order valence-electron chi connectivity index (χ0n) is 13.2. The molecule has 8 nitrogen and oxygen atoms in total. The molecular formula is C16H15N5O3S. The number of fused-ring (bicyclic) bond motifs is 1. The van der Waals surface area contributed by atoms with Crippen molar-refractivity contribution in [2.45, 2.75) is 12.8 Å². The summed E-state index contributed by atoms with van der Waals surface area (Å²) in [6, 6.07) is 5.56. The molecule has 2 N–H and O–H groups in total. The molecule has 0 atom stereocenters. The van der Waals surface area contributed by atoms with Crippen molar-refractivity contribution in [2.75, 3.05) is 13.2 Å². The normalized spacial score (nSPS) is 13.0. The molecule has 0 saturated heterocycles. The first kappa shape index (κ1) is 15.6. The molecule has 0 saturated carbocycles. The summed E-state index contributed by atoms with van der Waals surface area (Å²) < 4.78 is 12.9. The van der Waals surface area contributed by atoms with Gasteiger partial charge in [-0.2, -0.15) is 5.10 Å². The van der Waals surface area contributed by atoms with E-state index in [0.29, 0.717) is 42.8 Å². The van der Waals surface area contributed by atoms with E-state index in [-0.39, 0.29) is 6.42 Å². The van der Waals surface area contributed by atoms with Crippen LogP contribution in [0.25, 0.3) is 5.69 Å². The van der Waals surface area contributed by atoms with Gasteiger partial charge in [-0.1, -0.05) is 0 Å². The summed E-state index contributed by atoms with van der Waals surface area (Å²) in [5.74, 6) is 1.95. The molecule has 0 radical (unpaired) electrons. The lowest BCUT2D eigenvalue weighted by atomic mass is 10.2. The van der Waals surface area contributed by atoms with Crippen molar-refractivity contribution in [1.82, 2.24) is 19.7 Å². The summed E-state index contributed by atoms with van der Waals surface area (Å²) in [6.45, 7) is 1.04. The Hall–Kier alpha value is -2.94. The summed E-state index contributed by atoms with van der Waals surface area (Å²) in [5.41, 5.74) is 8.71. The summed E-state index contributed by atoms with van der Waals surface area (Å²) in [4.78, 5) is 20.0. The van der Waals surface area contributed by atoms with Gasteiger partial charge in [0.2, 0.25) is 5.91 Å². The molecule has 0 aliphatic carbocycles. The van der Waals surface area contributed by atoms with Crippen molar-refractivity contribution >= 4 is 17.2 Å². The lowest BCUT2D eigenvalue weighted by Crippen LogP contribution is -2.16. The molecule has 9 heteroatoms. The van der Waals surface area contributed by atoms with Crippen LogP contribution in [0.4, 0.5) is 0 Å². The molecule has 3 heterocycles. The number of carbonyl (C=O) groups excluding carboxylic acids is 1. The molecule has 4 rings (SSSR count). The minimum absolute atomic E-state index is 0.0123.